The van der Waals surface area contributed by atoms with Crippen LogP contribution < -0.4 is 10.1 Å². The summed E-state index contributed by atoms with van der Waals surface area (Å²) in [5.41, 5.74) is 1.37. The van der Waals surface area contributed by atoms with Crippen molar-refractivity contribution in [1.82, 2.24) is 4.90 Å². The molecule has 2 aliphatic rings. The number of carbonyl (C=O) groups excluding carboxylic acids is 2. The standard InChI is InChI=1S/C21H22N2O3/c1-26-16-10-8-15(9-11-16)14-23-19(24)17-6-2-3-7-18(17)22-20(25)21(23)12-4-5-13-21/h2-3,6-11H,4-5,12-14H2,1H3,(H,22,25). The van der Waals surface area contributed by atoms with E-state index < -0.39 is 5.54 Å². The number of amides is 2. The predicted octanol–water partition coefficient (Wildman–Crippen LogP) is 3.60. The number of carbonyl (C=O) groups is 2. The SMILES string of the molecule is COc1ccc(CN2C(=O)c3ccccc3NC(=O)C23CCCC3)cc1. The molecule has 0 bridgehead atoms. The van der Waals surface area contributed by atoms with Crippen LogP contribution in [-0.4, -0.2) is 29.4 Å². The first kappa shape index (κ1) is 16.6. The number of methoxy groups -OCH3 is 1. The van der Waals surface area contributed by atoms with Crippen LogP contribution in [-0.2, 0) is 11.3 Å². The number of para-hydroxylation sites is 1. The van der Waals surface area contributed by atoms with Crippen LogP contribution in [0.25, 0.3) is 0 Å². The lowest BCUT2D eigenvalue weighted by Gasteiger charge is -2.38. The summed E-state index contributed by atoms with van der Waals surface area (Å²) < 4.78 is 5.21. The Kier molecular flexibility index (Phi) is 4.15. The number of hydrogen-bond donors (Lipinski definition) is 1. The van der Waals surface area contributed by atoms with Gasteiger partial charge >= 0.3 is 0 Å². The fraction of sp³-hybridized carbons (Fsp3) is 0.333. The molecule has 26 heavy (non-hydrogen) atoms. The minimum Gasteiger partial charge on any atom is -0.497 e. The van der Waals surface area contributed by atoms with Gasteiger partial charge in [-0.25, -0.2) is 0 Å². The van der Waals surface area contributed by atoms with Crippen molar-refractivity contribution in [2.75, 3.05) is 12.4 Å². The summed E-state index contributed by atoms with van der Waals surface area (Å²) in [7, 11) is 1.63. The van der Waals surface area contributed by atoms with E-state index in [2.05, 4.69) is 5.32 Å². The highest BCUT2D eigenvalue weighted by atomic mass is 16.5. The monoisotopic (exact) mass is 350 g/mol. The van der Waals surface area contributed by atoms with Crippen molar-refractivity contribution in [3.8, 4) is 5.75 Å². The zero-order valence-corrected chi connectivity index (χ0v) is 14.8. The summed E-state index contributed by atoms with van der Waals surface area (Å²) in [6, 6.07) is 14.9. The number of rotatable bonds is 3. The molecular weight excluding hydrogens is 328 g/mol. The molecule has 5 heteroatoms. The van der Waals surface area contributed by atoms with E-state index in [1.165, 1.54) is 0 Å². The van der Waals surface area contributed by atoms with Crippen molar-refractivity contribution in [1.29, 1.82) is 0 Å². The molecule has 0 aromatic heterocycles. The molecule has 0 unspecified atom stereocenters. The molecule has 1 fully saturated rings. The Morgan fingerprint density at radius 2 is 1.73 bits per heavy atom. The first-order valence-electron chi connectivity index (χ1n) is 8.99. The highest BCUT2D eigenvalue weighted by Gasteiger charge is 2.50. The maximum absolute atomic E-state index is 13.4. The Labute approximate surface area is 153 Å². The molecule has 4 rings (SSSR count). The predicted molar refractivity (Wildman–Crippen MR) is 99.1 cm³/mol. The molecule has 2 amide bonds. The van der Waals surface area contributed by atoms with Crippen molar-refractivity contribution in [3.05, 3.63) is 59.7 Å². The van der Waals surface area contributed by atoms with Crippen LogP contribution in [0.3, 0.4) is 0 Å². The summed E-state index contributed by atoms with van der Waals surface area (Å²) in [5.74, 6) is 0.619. The summed E-state index contributed by atoms with van der Waals surface area (Å²) in [4.78, 5) is 28.3. The summed E-state index contributed by atoms with van der Waals surface area (Å²) in [5, 5.41) is 3.00. The number of nitrogens with zero attached hydrogens (tertiary/aromatic N) is 1. The second-order valence-corrected chi connectivity index (χ2v) is 6.98. The molecule has 2 aromatic carbocycles. The van der Waals surface area contributed by atoms with Crippen LogP contribution in [0, 0.1) is 0 Å². The van der Waals surface area contributed by atoms with Gasteiger partial charge in [0, 0.05) is 6.54 Å². The van der Waals surface area contributed by atoms with Crippen molar-refractivity contribution in [3.63, 3.8) is 0 Å². The number of anilines is 1. The smallest absolute Gasteiger partial charge is 0.257 e. The quantitative estimate of drug-likeness (QED) is 0.920. The third-order valence-corrected chi connectivity index (χ3v) is 5.52. The summed E-state index contributed by atoms with van der Waals surface area (Å²) in [6.07, 6.45) is 3.32. The number of fused-ring (bicyclic) bond motifs is 1. The van der Waals surface area contributed by atoms with E-state index >= 15 is 0 Å². The molecule has 0 radical (unpaired) electrons. The molecule has 1 saturated carbocycles. The topological polar surface area (TPSA) is 58.6 Å². The number of benzene rings is 2. The summed E-state index contributed by atoms with van der Waals surface area (Å²) >= 11 is 0. The average Bonchev–Trinajstić information content (AvgIpc) is 3.14. The Morgan fingerprint density at radius 1 is 1.04 bits per heavy atom. The van der Waals surface area contributed by atoms with Gasteiger partial charge in [0.25, 0.3) is 5.91 Å². The molecule has 1 spiro atoms. The Balaban J connectivity index is 1.76. The third-order valence-electron chi connectivity index (χ3n) is 5.52. The van der Waals surface area contributed by atoms with Gasteiger partial charge < -0.3 is 15.0 Å². The van der Waals surface area contributed by atoms with Crippen molar-refractivity contribution in [2.45, 2.75) is 37.8 Å². The molecule has 0 saturated heterocycles. The summed E-state index contributed by atoms with van der Waals surface area (Å²) in [6.45, 7) is 0.407. The molecule has 0 atom stereocenters. The van der Waals surface area contributed by atoms with Crippen LogP contribution in [0.1, 0.15) is 41.6 Å². The lowest BCUT2D eigenvalue weighted by atomic mass is 9.93. The number of hydrogen-bond acceptors (Lipinski definition) is 3. The average molecular weight is 350 g/mol. The fourth-order valence-electron chi connectivity index (χ4n) is 4.07. The Morgan fingerprint density at radius 3 is 2.42 bits per heavy atom. The first-order valence-corrected chi connectivity index (χ1v) is 8.99. The second-order valence-electron chi connectivity index (χ2n) is 6.98. The van der Waals surface area contributed by atoms with Gasteiger partial charge in [0.05, 0.1) is 18.4 Å². The highest BCUT2D eigenvalue weighted by molar-refractivity contribution is 6.11. The van der Waals surface area contributed by atoms with E-state index in [0.717, 1.165) is 24.2 Å². The van der Waals surface area contributed by atoms with Gasteiger partial charge in [0.15, 0.2) is 0 Å². The fourth-order valence-corrected chi connectivity index (χ4v) is 4.07. The maximum atomic E-state index is 13.4. The minimum absolute atomic E-state index is 0.0678. The lowest BCUT2D eigenvalue weighted by molar-refractivity contribution is -0.126. The van der Waals surface area contributed by atoms with Gasteiger partial charge in [-0.15, -0.1) is 0 Å². The van der Waals surface area contributed by atoms with Crippen LogP contribution >= 0.6 is 0 Å². The van der Waals surface area contributed by atoms with Gasteiger partial charge in [-0.3, -0.25) is 9.59 Å². The van der Waals surface area contributed by atoms with E-state index in [0.29, 0.717) is 30.6 Å². The van der Waals surface area contributed by atoms with E-state index in [1.54, 1.807) is 24.1 Å². The van der Waals surface area contributed by atoms with Crippen LogP contribution in [0.2, 0.25) is 0 Å². The van der Waals surface area contributed by atoms with Crippen molar-refractivity contribution >= 4 is 17.5 Å². The van der Waals surface area contributed by atoms with Crippen molar-refractivity contribution in [2.24, 2.45) is 0 Å². The van der Waals surface area contributed by atoms with E-state index in [-0.39, 0.29) is 11.8 Å². The molecule has 1 N–H and O–H groups in total. The van der Waals surface area contributed by atoms with Gasteiger partial charge in [0.2, 0.25) is 5.91 Å². The Bertz CT molecular complexity index is 839. The van der Waals surface area contributed by atoms with Crippen LogP contribution in [0.15, 0.2) is 48.5 Å². The van der Waals surface area contributed by atoms with Gasteiger partial charge in [-0.2, -0.15) is 0 Å². The van der Waals surface area contributed by atoms with E-state index in [1.807, 2.05) is 36.4 Å². The van der Waals surface area contributed by atoms with Crippen molar-refractivity contribution < 1.29 is 14.3 Å². The second kappa shape index (κ2) is 6.48. The zero-order valence-electron chi connectivity index (χ0n) is 14.8. The van der Waals surface area contributed by atoms with E-state index in [4.69, 9.17) is 4.74 Å². The largest absolute Gasteiger partial charge is 0.497 e. The molecular formula is C21H22N2O3. The van der Waals surface area contributed by atoms with Crippen LogP contribution in [0.4, 0.5) is 5.69 Å². The first-order chi connectivity index (χ1) is 12.6. The molecule has 1 aliphatic heterocycles. The molecule has 134 valence electrons. The molecule has 1 aliphatic carbocycles. The van der Waals surface area contributed by atoms with Gasteiger partial charge in [0.1, 0.15) is 11.3 Å². The minimum atomic E-state index is -0.768. The molecule has 1 heterocycles. The van der Waals surface area contributed by atoms with Gasteiger partial charge in [-0.05, 0) is 42.7 Å². The Hall–Kier alpha value is -2.82. The number of nitrogens with one attached hydrogen (secondary N) is 1. The maximum Gasteiger partial charge on any atom is 0.257 e. The molecule has 5 nitrogen and oxygen atoms in total. The zero-order chi connectivity index (χ0) is 18.1. The van der Waals surface area contributed by atoms with Crippen LogP contribution in [0.5, 0.6) is 5.75 Å². The van der Waals surface area contributed by atoms with Gasteiger partial charge in [-0.1, -0.05) is 37.1 Å². The third kappa shape index (κ3) is 2.64. The molecule has 2 aromatic rings. The number of ether oxygens (including phenoxy) is 1. The normalized spacial score (nSPS) is 18.4. The lowest BCUT2D eigenvalue weighted by Crippen LogP contribution is -2.55. The highest BCUT2D eigenvalue weighted by Crippen LogP contribution is 2.41. The van der Waals surface area contributed by atoms with E-state index in [9.17, 15) is 9.59 Å².